The van der Waals surface area contributed by atoms with Gasteiger partial charge in [0.1, 0.15) is 4.60 Å². The van der Waals surface area contributed by atoms with Crippen LogP contribution in [0.4, 0.5) is 0 Å². The van der Waals surface area contributed by atoms with Crippen LogP contribution in [0.2, 0.25) is 0 Å². The number of hydrogen-bond donors (Lipinski definition) is 1. The second-order valence-corrected chi connectivity index (χ2v) is 4.03. The van der Waals surface area contributed by atoms with Crippen LogP contribution in [0, 0.1) is 0 Å². The minimum absolute atomic E-state index is 0.0657. The molecule has 1 heterocycles. The largest absolute Gasteiger partial charge is 0.310 e. The topological polar surface area (TPSA) is 24.9 Å². The number of nitrogens with zero attached hydrogens (tertiary/aromatic N) is 1. The molecule has 0 radical (unpaired) electrons. The molecule has 1 N–H and O–H groups in total. The van der Waals surface area contributed by atoms with Crippen molar-refractivity contribution in [1.82, 2.24) is 10.3 Å². The van der Waals surface area contributed by atoms with E-state index in [0.29, 0.717) is 0 Å². The van der Waals surface area contributed by atoms with E-state index in [9.17, 15) is 0 Å². The van der Waals surface area contributed by atoms with Crippen molar-refractivity contribution in [2.45, 2.75) is 19.4 Å². The Morgan fingerprint density at radius 1 is 1.42 bits per heavy atom. The maximum absolute atomic E-state index is 4.37. The van der Waals surface area contributed by atoms with Crippen molar-refractivity contribution in [2.24, 2.45) is 0 Å². The number of hydrogen-bond acceptors (Lipinski definition) is 2. The fraction of sp³-hybridized carbons (Fsp3) is 0.444. The van der Waals surface area contributed by atoms with Crippen LogP contribution >= 0.6 is 15.9 Å². The molecule has 12 heavy (non-hydrogen) atoms. The molecule has 0 amide bonds. The number of halogens is 1. The van der Waals surface area contributed by atoms with Crippen molar-refractivity contribution in [1.29, 1.82) is 0 Å². The highest BCUT2D eigenvalue weighted by Crippen LogP contribution is 2.18. The van der Waals surface area contributed by atoms with Crippen molar-refractivity contribution < 1.29 is 0 Å². The summed E-state index contributed by atoms with van der Waals surface area (Å²) >= 11 is 3.34. The van der Waals surface area contributed by atoms with Gasteiger partial charge in [-0.05, 0) is 49.0 Å². The van der Waals surface area contributed by atoms with Crippen LogP contribution in [0.1, 0.15) is 19.5 Å². The lowest BCUT2D eigenvalue weighted by atomic mass is 10.0. The van der Waals surface area contributed by atoms with Gasteiger partial charge >= 0.3 is 0 Å². The smallest absolute Gasteiger partial charge is 0.106 e. The molecule has 0 fully saturated rings. The fourth-order valence-corrected chi connectivity index (χ4v) is 1.23. The lowest BCUT2D eigenvalue weighted by Crippen LogP contribution is -2.34. The number of pyridine rings is 1. The van der Waals surface area contributed by atoms with Crippen molar-refractivity contribution in [3.8, 4) is 0 Å². The number of nitrogens with one attached hydrogen (secondary N) is 1. The molecule has 0 unspecified atom stereocenters. The zero-order valence-electron chi connectivity index (χ0n) is 7.56. The molecule has 0 aliphatic rings. The van der Waals surface area contributed by atoms with Crippen LogP contribution in [-0.4, -0.2) is 12.0 Å². The van der Waals surface area contributed by atoms with Crippen LogP contribution in [0.3, 0.4) is 0 Å². The van der Waals surface area contributed by atoms with Gasteiger partial charge < -0.3 is 5.32 Å². The van der Waals surface area contributed by atoms with E-state index in [-0.39, 0.29) is 5.54 Å². The van der Waals surface area contributed by atoms with Crippen LogP contribution in [0.5, 0.6) is 0 Å². The van der Waals surface area contributed by atoms with Gasteiger partial charge in [-0.2, -0.15) is 0 Å². The summed E-state index contributed by atoms with van der Waals surface area (Å²) in [5, 5.41) is 3.20. The predicted molar refractivity (Wildman–Crippen MR) is 54.0 cm³/mol. The SMILES string of the molecule is CNC(C)(C)c1cccc(Br)n1. The average molecular weight is 229 g/mol. The first kappa shape index (κ1) is 9.68. The quantitative estimate of drug-likeness (QED) is 0.787. The van der Waals surface area contributed by atoms with Gasteiger partial charge in [0, 0.05) is 0 Å². The Kier molecular flexibility index (Phi) is 2.85. The monoisotopic (exact) mass is 228 g/mol. The lowest BCUT2D eigenvalue weighted by molar-refractivity contribution is 0.431. The van der Waals surface area contributed by atoms with Crippen LogP contribution in [0.15, 0.2) is 22.8 Å². The maximum Gasteiger partial charge on any atom is 0.106 e. The first-order valence-corrected chi connectivity index (χ1v) is 4.67. The van der Waals surface area contributed by atoms with Gasteiger partial charge in [-0.15, -0.1) is 0 Å². The molecule has 0 aromatic carbocycles. The molecular weight excluding hydrogens is 216 g/mol. The zero-order chi connectivity index (χ0) is 9.19. The molecule has 1 rings (SSSR count). The highest BCUT2D eigenvalue weighted by Gasteiger charge is 2.18. The fourth-order valence-electron chi connectivity index (χ4n) is 0.884. The molecule has 66 valence electrons. The predicted octanol–water partition coefficient (Wildman–Crippen LogP) is 2.30. The molecule has 1 aromatic heterocycles. The first-order valence-electron chi connectivity index (χ1n) is 3.88. The second kappa shape index (κ2) is 3.54. The number of rotatable bonds is 2. The van der Waals surface area contributed by atoms with Gasteiger partial charge in [0.15, 0.2) is 0 Å². The van der Waals surface area contributed by atoms with Crippen LogP contribution in [-0.2, 0) is 5.54 Å². The van der Waals surface area contributed by atoms with Crippen molar-refractivity contribution in [2.75, 3.05) is 7.05 Å². The van der Waals surface area contributed by atoms with Crippen molar-refractivity contribution in [3.63, 3.8) is 0 Å². The normalized spacial score (nSPS) is 11.7. The lowest BCUT2D eigenvalue weighted by Gasteiger charge is -2.23. The molecule has 0 aliphatic carbocycles. The summed E-state index contributed by atoms with van der Waals surface area (Å²) in [6.45, 7) is 4.20. The third kappa shape index (κ3) is 2.05. The number of aromatic nitrogens is 1. The Hall–Kier alpha value is -0.410. The minimum Gasteiger partial charge on any atom is -0.310 e. The van der Waals surface area contributed by atoms with Gasteiger partial charge in [-0.3, -0.25) is 0 Å². The first-order chi connectivity index (χ1) is 5.56. The van der Waals surface area contributed by atoms with Crippen LogP contribution in [0.25, 0.3) is 0 Å². The Morgan fingerprint density at radius 3 is 2.58 bits per heavy atom. The third-order valence-electron chi connectivity index (χ3n) is 1.98. The summed E-state index contributed by atoms with van der Waals surface area (Å²) in [6, 6.07) is 5.93. The Balaban J connectivity index is 3.03. The van der Waals surface area contributed by atoms with E-state index in [1.807, 2.05) is 25.2 Å². The van der Waals surface area contributed by atoms with Gasteiger partial charge in [-0.1, -0.05) is 6.07 Å². The van der Waals surface area contributed by atoms with Crippen molar-refractivity contribution in [3.05, 3.63) is 28.5 Å². The molecule has 0 atom stereocenters. The van der Waals surface area contributed by atoms with E-state index in [2.05, 4.69) is 40.1 Å². The standard InChI is InChI=1S/C9H13BrN2/c1-9(2,11-3)7-5-4-6-8(10)12-7/h4-6,11H,1-3H3. The summed E-state index contributed by atoms with van der Waals surface area (Å²) in [6.07, 6.45) is 0. The van der Waals surface area contributed by atoms with Gasteiger partial charge in [-0.25, -0.2) is 4.98 Å². The highest BCUT2D eigenvalue weighted by molar-refractivity contribution is 9.10. The summed E-state index contributed by atoms with van der Waals surface area (Å²) in [5.74, 6) is 0. The summed E-state index contributed by atoms with van der Waals surface area (Å²) < 4.78 is 0.878. The minimum atomic E-state index is -0.0657. The van der Waals surface area contributed by atoms with E-state index in [4.69, 9.17) is 0 Å². The Morgan fingerprint density at radius 2 is 2.08 bits per heavy atom. The maximum atomic E-state index is 4.37. The van der Waals surface area contributed by atoms with Gasteiger partial charge in [0.2, 0.25) is 0 Å². The summed E-state index contributed by atoms with van der Waals surface area (Å²) in [5.41, 5.74) is 0.975. The van der Waals surface area contributed by atoms with Crippen LogP contribution < -0.4 is 5.32 Å². The molecule has 3 heteroatoms. The van der Waals surface area contributed by atoms with E-state index in [1.165, 1.54) is 0 Å². The highest BCUT2D eigenvalue weighted by atomic mass is 79.9. The second-order valence-electron chi connectivity index (χ2n) is 3.22. The summed E-state index contributed by atoms with van der Waals surface area (Å²) in [7, 11) is 1.93. The van der Waals surface area contributed by atoms with Gasteiger partial charge in [0.25, 0.3) is 0 Å². The molecule has 0 bridgehead atoms. The Labute approximate surface area is 81.5 Å². The molecule has 0 saturated carbocycles. The molecule has 1 aromatic rings. The molecule has 0 saturated heterocycles. The van der Waals surface area contributed by atoms with Gasteiger partial charge in [0.05, 0.1) is 11.2 Å². The summed E-state index contributed by atoms with van der Waals surface area (Å²) in [4.78, 5) is 4.37. The molecule has 2 nitrogen and oxygen atoms in total. The zero-order valence-corrected chi connectivity index (χ0v) is 9.14. The van der Waals surface area contributed by atoms with E-state index in [0.717, 1.165) is 10.3 Å². The molecule has 0 aliphatic heterocycles. The van der Waals surface area contributed by atoms with E-state index >= 15 is 0 Å². The van der Waals surface area contributed by atoms with E-state index in [1.54, 1.807) is 0 Å². The third-order valence-corrected chi connectivity index (χ3v) is 2.42. The molecular formula is C9H13BrN2. The average Bonchev–Trinajstić information content (AvgIpc) is 2.05. The van der Waals surface area contributed by atoms with Crippen molar-refractivity contribution >= 4 is 15.9 Å². The van der Waals surface area contributed by atoms with E-state index < -0.39 is 0 Å². The Bertz CT molecular complexity index is 271. The molecule has 0 spiro atoms.